The standard InChI is InChI=1S/C13H16N2O3/c1-10-7-11(8-18-10)12(16)15-5-3-13(9-14,17-2)4-6-15/h7-8H,3-6H2,1-2H3. The van der Waals surface area contributed by atoms with Crippen molar-refractivity contribution in [1.82, 2.24) is 4.90 Å². The Labute approximate surface area is 106 Å². The molecule has 1 amide bonds. The summed E-state index contributed by atoms with van der Waals surface area (Å²) in [5, 5.41) is 9.09. The molecule has 0 aliphatic carbocycles. The quantitative estimate of drug-likeness (QED) is 0.799. The molecule has 2 heterocycles. The summed E-state index contributed by atoms with van der Waals surface area (Å²) in [7, 11) is 1.54. The lowest BCUT2D eigenvalue weighted by molar-refractivity contribution is -0.0105. The zero-order valence-corrected chi connectivity index (χ0v) is 10.6. The molecule has 1 aliphatic rings. The minimum atomic E-state index is -0.733. The van der Waals surface area contributed by atoms with E-state index in [9.17, 15) is 4.79 Å². The molecule has 0 bridgehead atoms. The van der Waals surface area contributed by atoms with E-state index in [2.05, 4.69) is 6.07 Å². The summed E-state index contributed by atoms with van der Waals surface area (Å²) in [6.45, 7) is 2.87. The van der Waals surface area contributed by atoms with Gasteiger partial charge in [0.1, 0.15) is 12.0 Å². The van der Waals surface area contributed by atoms with E-state index >= 15 is 0 Å². The highest BCUT2D eigenvalue weighted by atomic mass is 16.5. The Balaban J connectivity index is 2.02. The van der Waals surface area contributed by atoms with Gasteiger partial charge >= 0.3 is 0 Å². The van der Waals surface area contributed by atoms with Crippen LogP contribution in [0.1, 0.15) is 29.0 Å². The Morgan fingerprint density at radius 1 is 1.56 bits per heavy atom. The van der Waals surface area contributed by atoms with Crippen LogP contribution >= 0.6 is 0 Å². The van der Waals surface area contributed by atoms with Gasteiger partial charge in [-0.05, 0) is 13.0 Å². The maximum atomic E-state index is 12.1. The topological polar surface area (TPSA) is 66.5 Å². The number of aryl methyl sites for hydroxylation is 1. The van der Waals surface area contributed by atoms with Crippen LogP contribution in [-0.4, -0.2) is 36.6 Å². The number of methoxy groups -OCH3 is 1. The third-order valence-electron chi connectivity index (χ3n) is 3.43. The molecule has 1 fully saturated rings. The molecular weight excluding hydrogens is 232 g/mol. The number of hydrogen-bond donors (Lipinski definition) is 0. The fourth-order valence-corrected chi connectivity index (χ4v) is 2.17. The molecule has 1 saturated heterocycles. The van der Waals surface area contributed by atoms with Gasteiger partial charge < -0.3 is 14.1 Å². The SMILES string of the molecule is COC1(C#N)CCN(C(=O)c2coc(C)c2)CC1. The van der Waals surface area contributed by atoms with Crippen LogP contribution < -0.4 is 0 Å². The number of amides is 1. The molecule has 0 N–H and O–H groups in total. The molecule has 0 saturated carbocycles. The lowest BCUT2D eigenvalue weighted by Crippen LogP contribution is -2.46. The second-order valence-electron chi connectivity index (χ2n) is 4.55. The molecular formula is C13H16N2O3. The lowest BCUT2D eigenvalue weighted by Gasteiger charge is -2.36. The van der Waals surface area contributed by atoms with E-state index in [-0.39, 0.29) is 5.91 Å². The molecule has 0 radical (unpaired) electrons. The van der Waals surface area contributed by atoms with E-state index in [0.29, 0.717) is 31.5 Å². The second-order valence-corrected chi connectivity index (χ2v) is 4.55. The Kier molecular flexibility index (Phi) is 3.39. The third kappa shape index (κ3) is 2.24. The van der Waals surface area contributed by atoms with E-state index in [0.717, 1.165) is 5.76 Å². The lowest BCUT2D eigenvalue weighted by atomic mass is 9.92. The van der Waals surface area contributed by atoms with Crippen LogP contribution in [0.5, 0.6) is 0 Å². The number of ether oxygens (including phenoxy) is 1. The van der Waals surface area contributed by atoms with Crippen molar-refractivity contribution in [3.05, 3.63) is 23.7 Å². The Hall–Kier alpha value is -1.80. The van der Waals surface area contributed by atoms with E-state index in [4.69, 9.17) is 14.4 Å². The molecule has 1 aliphatic heterocycles. The first-order valence-electron chi connectivity index (χ1n) is 5.91. The smallest absolute Gasteiger partial charge is 0.257 e. The molecule has 5 heteroatoms. The van der Waals surface area contributed by atoms with Crippen molar-refractivity contribution in [2.24, 2.45) is 0 Å². The predicted molar refractivity (Wildman–Crippen MR) is 63.9 cm³/mol. The van der Waals surface area contributed by atoms with Crippen molar-refractivity contribution in [1.29, 1.82) is 5.26 Å². The average molecular weight is 248 g/mol. The number of furan rings is 1. The molecule has 18 heavy (non-hydrogen) atoms. The highest BCUT2D eigenvalue weighted by Gasteiger charge is 2.36. The van der Waals surface area contributed by atoms with Crippen molar-refractivity contribution in [3.63, 3.8) is 0 Å². The van der Waals surface area contributed by atoms with E-state index in [1.807, 2.05) is 0 Å². The normalized spacial score (nSPS) is 18.4. The minimum absolute atomic E-state index is 0.0468. The van der Waals surface area contributed by atoms with Gasteiger partial charge in [0.05, 0.1) is 11.6 Å². The highest BCUT2D eigenvalue weighted by Crippen LogP contribution is 2.26. The van der Waals surface area contributed by atoms with Gasteiger partial charge in [-0.1, -0.05) is 0 Å². The molecule has 2 rings (SSSR count). The fourth-order valence-electron chi connectivity index (χ4n) is 2.17. The monoisotopic (exact) mass is 248 g/mol. The number of likely N-dealkylation sites (tertiary alicyclic amines) is 1. The third-order valence-corrected chi connectivity index (χ3v) is 3.43. The first-order chi connectivity index (χ1) is 8.60. The molecule has 1 aromatic heterocycles. The summed E-state index contributed by atoms with van der Waals surface area (Å²) >= 11 is 0. The number of hydrogen-bond acceptors (Lipinski definition) is 4. The number of carbonyl (C=O) groups is 1. The fraction of sp³-hybridized carbons (Fsp3) is 0.538. The zero-order chi connectivity index (χ0) is 13.2. The molecule has 0 aromatic carbocycles. The summed E-state index contributed by atoms with van der Waals surface area (Å²) in [5.74, 6) is 0.674. The minimum Gasteiger partial charge on any atom is -0.469 e. The molecule has 0 atom stereocenters. The van der Waals surface area contributed by atoms with Crippen molar-refractivity contribution >= 4 is 5.91 Å². The Morgan fingerprint density at radius 3 is 2.67 bits per heavy atom. The molecule has 1 aromatic rings. The van der Waals surface area contributed by atoms with Crippen molar-refractivity contribution in [2.45, 2.75) is 25.4 Å². The molecule has 5 nitrogen and oxygen atoms in total. The van der Waals surface area contributed by atoms with Crippen LogP contribution in [0, 0.1) is 18.3 Å². The zero-order valence-electron chi connectivity index (χ0n) is 10.6. The molecule has 0 spiro atoms. The highest BCUT2D eigenvalue weighted by molar-refractivity contribution is 5.94. The van der Waals surface area contributed by atoms with Crippen LogP contribution in [0.25, 0.3) is 0 Å². The number of carbonyl (C=O) groups excluding carboxylic acids is 1. The van der Waals surface area contributed by atoms with Crippen LogP contribution in [0.2, 0.25) is 0 Å². The van der Waals surface area contributed by atoms with Crippen molar-refractivity contribution in [3.8, 4) is 6.07 Å². The van der Waals surface area contributed by atoms with Crippen molar-refractivity contribution in [2.75, 3.05) is 20.2 Å². The largest absolute Gasteiger partial charge is 0.469 e. The van der Waals surface area contributed by atoms with Gasteiger partial charge in [-0.25, -0.2) is 0 Å². The maximum Gasteiger partial charge on any atom is 0.257 e. The second kappa shape index (κ2) is 4.83. The van der Waals surface area contributed by atoms with E-state index < -0.39 is 5.60 Å². The van der Waals surface area contributed by atoms with Crippen LogP contribution in [0.15, 0.2) is 16.7 Å². The summed E-state index contributed by atoms with van der Waals surface area (Å²) in [6, 6.07) is 3.92. The van der Waals surface area contributed by atoms with Gasteiger partial charge in [-0.3, -0.25) is 4.79 Å². The van der Waals surface area contributed by atoms with E-state index in [1.54, 1.807) is 25.0 Å². The van der Waals surface area contributed by atoms with Gasteiger partial charge in [-0.2, -0.15) is 5.26 Å². The van der Waals surface area contributed by atoms with E-state index in [1.165, 1.54) is 6.26 Å². The van der Waals surface area contributed by atoms with Crippen molar-refractivity contribution < 1.29 is 13.9 Å². The molecule has 0 unspecified atom stereocenters. The summed E-state index contributed by atoms with van der Waals surface area (Å²) < 4.78 is 10.4. The summed E-state index contributed by atoms with van der Waals surface area (Å²) in [4.78, 5) is 13.9. The Morgan fingerprint density at radius 2 is 2.22 bits per heavy atom. The van der Waals surface area contributed by atoms with Crippen LogP contribution in [0.4, 0.5) is 0 Å². The Bertz CT molecular complexity index is 479. The van der Waals surface area contributed by atoms with Crippen LogP contribution in [0.3, 0.4) is 0 Å². The summed E-state index contributed by atoms with van der Waals surface area (Å²) in [5.41, 5.74) is -0.169. The number of nitrogens with zero attached hydrogens (tertiary/aromatic N) is 2. The van der Waals surface area contributed by atoms with Gasteiger partial charge in [-0.15, -0.1) is 0 Å². The molecule has 96 valence electrons. The first kappa shape index (κ1) is 12.7. The van der Waals surface area contributed by atoms with Crippen LogP contribution in [-0.2, 0) is 4.74 Å². The first-order valence-corrected chi connectivity index (χ1v) is 5.91. The number of piperidine rings is 1. The van der Waals surface area contributed by atoms with Gasteiger partial charge in [0, 0.05) is 33.0 Å². The summed E-state index contributed by atoms with van der Waals surface area (Å²) in [6.07, 6.45) is 2.56. The average Bonchev–Trinajstić information content (AvgIpc) is 2.85. The van der Waals surface area contributed by atoms with Gasteiger partial charge in [0.15, 0.2) is 5.60 Å². The maximum absolute atomic E-state index is 12.1. The van der Waals surface area contributed by atoms with Gasteiger partial charge in [0.2, 0.25) is 0 Å². The predicted octanol–water partition coefficient (Wildman–Crippen LogP) is 1.73. The number of rotatable bonds is 2. The van der Waals surface area contributed by atoms with Gasteiger partial charge in [0.25, 0.3) is 5.91 Å². The number of nitriles is 1.